The summed E-state index contributed by atoms with van der Waals surface area (Å²) in [6.45, 7) is 6.76. The van der Waals surface area contributed by atoms with Crippen LogP contribution in [0.5, 0.6) is 0 Å². The molecule has 2 saturated heterocycles. The molecule has 2 heterocycles. The van der Waals surface area contributed by atoms with E-state index in [-0.39, 0.29) is 0 Å². The van der Waals surface area contributed by atoms with Crippen molar-refractivity contribution in [3.63, 3.8) is 0 Å². The third-order valence-corrected chi connectivity index (χ3v) is 3.63. The molecule has 17 heavy (non-hydrogen) atoms. The van der Waals surface area contributed by atoms with Crippen LogP contribution in [0.15, 0.2) is 0 Å². The van der Waals surface area contributed by atoms with Crippen LogP contribution in [0.3, 0.4) is 0 Å². The first-order valence-electron chi connectivity index (χ1n) is 6.96. The Kier molecular flexibility index (Phi) is 5.22. The summed E-state index contributed by atoms with van der Waals surface area (Å²) in [5.41, 5.74) is 0. The predicted molar refractivity (Wildman–Crippen MR) is 70.4 cm³/mol. The average molecular weight is 241 g/mol. The van der Waals surface area contributed by atoms with Gasteiger partial charge in [0.1, 0.15) is 0 Å². The van der Waals surface area contributed by atoms with Gasteiger partial charge in [0.25, 0.3) is 0 Å². The molecule has 2 rings (SSSR count). The molecule has 1 N–H and O–H groups in total. The minimum absolute atomic E-state index is 0.494. The van der Waals surface area contributed by atoms with Gasteiger partial charge in [0.05, 0.1) is 6.10 Å². The van der Waals surface area contributed by atoms with E-state index < -0.39 is 0 Å². The van der Waals surface area contributed by atoms with Crippen LogP contribution in [0.1, 0.15) is 19.3 Å². The van der Waals surface area contributed by atoms with Crippen LogP contribution >= 0.6 is 0 Å². The van der Waals surface area contributed by atoms with Crippen LogP contribution in [0.2, 0.25) is 0 Å². The van der Waals surface area contributed by atoms with Crippen LogP contribution in [0.25, 0.3) is 0 Å². The summed E-state index contributed by atoms with van der Waals surface area (Å²) in [5, 5.41) is 3.64. The van der Waals surface area contributed by atoms with Crippen LogP contribution < -0.4 is 5.32 Å². The summed E-state index contributed by atoms with van der Waals surface area (Å²) in [6.07, 6.45) is 4.25. The smallest absolute Gasteiger partial charge is 0.0702 e. The minimum Gasteiger partial charge on any atom is -0.377 e. The van der Waals surface area contributed by atoms with Gasteiger partial charge in [0, 0.05) is 32.3 Å². The fraction of sp³-hybridized carbons (Fsp3) is 1.00. The Bertz CT molecular complexity index is 217. The van der Waals surface area contributed by atoms with Gasteiger partial charge in [-0.05, 0) is 46.4 Å². The van der Waals surface area contributed by atoms with Crippen molar-refractivity contribution >= 4 is 0 Å². The zero-order valence-corrected chi connectivity index (χ0v) is 11.3. The molecule has 0 bridgehead atoms. The molecule has 0 aromatic heterocycles. The zero-order valence-electron chi connectivity index (χ0n) is 11.3. The summed E-state index contributed by atoms with van der Waals surface area (Å²) in [6, 6.07) is 0.605. The van der Waals surface area contributed by atoms with Crippen molar-refractivity contribution in [3.8, 4) is 0 Å². The summed E-state index contributed by atoms with van der Waals surface area (Å²) >= 11 is 0. The van der Waals surface area contributed by atoms with Crippen molar-refractivity contribution < 1.29 is 4.74 Å². The predicted octanol–water partition coefficient (Wildman–Crippen LogP) is 0.391. The molecular weight excluding hydrogens is 214 g/mol. The lowest BCUT2D eigenvalue weighted by atomic mass is 10.2. The highest BCUT2D eigenvalue weighted by molar-refractivity contribution is 4.80. The third-order valence-electron chi connectivity index (χ3n) is 3.63. The lowest BCUT2D eigenvalue weighted by Crippen LogP contribution is -2.45. The first-order valence-corrected chi connectivity index (χ1v) is 6.96. The highest BCUT2D eigenvalue weighted by Gasteiger charge is 2.23. The van der Waals surface area contributed by atoms with Gasteiger partial charge in [-0.1, -0.05) is 0 Å². The molecule has 4 nitrogen and oxygen atoms in total. The largest absolute Gasteiger partial charge is 0.377 e. The number of hydrogen-bond acceptors (Lipinski definition) is 4. The second kappa shape index (κ2) is 6.69. The van der Waals surface area contributed by atoms with Crippen molar-refractivity contribution in [1.82, 2.24) is 15.1 Å². The fourth-order valence-corrected chi connectivity index (χ4v) is 2.88. The van der Waals surface area contributed by atoms with E-state index in [0.29, 0.717) is 12.1 Å². The number of rotatable bonds is 4. The number of ether oxygens (including phenoxy) is 1. The summed E-state index contributed by atoms with van der Waals surface area (Å²) in [5.74, 6) is 0. The summed E-state index contributed by atoms with van der Waals surface area (Å²) in [4.78, 5) is 4.86. The van der Waals surface area contributed by atoms with Gasteiger partial charge in [-0.2, -0.15) is 0 Å². The second-order valence-corrected chi connectivity index (χ2v) is 5.66. The van der Waals surface area contributed by atoms with Crippen molar-refractivity contribution in [2.75, 3.05) is 53.4 Å². The highest BCUT2D eigenvalue weighted by Crippen LogP contribution is 2.14. The normalized spacial score (nSPS) is 31.9. The lowest BCUT2D eigenvalue weighted by molar-refractivity contribution is 0.0717. The maximum Gasteiger partial charge on any atom is 0.0702 e. The molecule has 2 fully saturated rings. The van der Waals surface area contributed by atoms with Crippen LogP contribution in [0.4, 0.5) is 0 Å². The molecule has 0 amide bonds. The van der Waals surface area contributed by atoms with Crippen molar-refractivity contribution in [2.24, 2.45) is 0 Å². The van der Waals surface area contributed by atoms with Gasteiger partial charge in [0.2, 0.25) is 0 Å². The van der Waals surface area contributed by atoms with Crippen molar-refractivity contribution in [2.45, 2.75) is 31.4 Å². The van der Waals surface area contributed by atoms with E-state index in [9.17, 15) is 0 Å². The Labute approximate surface area is 105 Å². The molecule has 2 aliphatic rings. The van der Waals surface area contributed by atoms with Gasteiger partial charge in [0.15, 0.2) is 0 Å². The zero-order chi connectivity index (χ0) is 12.1. The Morgan fingerprint density at radius 3 is 2.94 bits per heavy atom. The molecule has 0 saturated carbocycles. The number of nitrogens with zero attached hydrogens (tertiary/aromatic N) is 2. The van der Waals surface area contributed by atoms with Gasteiger partial charge in [-0.3, -0.25) is 4.90 Å². The number of likely N-dealkylation sites (N-methyl/N-ethyl adjacent to an activating group) is 1. The Hall–Kier alpha value is -0.160. The summed E-state index contributed by atoms with van der Waals surface area (Å²) < 4.78 is 5.74. The van der Waals surface area contributed by atoms with E-state index >= 15 is 0 Å². The van der Waals surface area contributed by atoms with Gasteiger partial charge >= 0.3 is 0 Å². The van der Waals surface area contributed by atoms with Crippen molar-refractivity contribution in [1.29, 1.82) is 0 Å². The Morgan fingerprint density at radius 1 is 1.35 bits per heavy atom. The van der Waals surface area contributed by atoms with Crippen LogP contribution in [0, 0.1) is 0 Å². The van der Waals surface area contributed by atoms with E-state index in [4.69, 9.17) is 4.74 Å². The van der Waals surface area contributed by atoms with E-state index in [1.54, 1.807) is 0 Å². The van der Waals surface area contributed by atoms with E-state index in [2.05, 4.69) is 29.2 Å². The first kappa shape index (κ1) is 13.3. The molecule has 0 aromatic carbocycles. The van der Waals surface area contributed by atoms with Crippen LogP contribution in [-0.4, -0.2) is 75.4 Å². The average Bonchev–Trinajstić information content (AvgIpc) is 2.66. The first-order chi connectivity index (χ1) is 8.24. The van der Waals surface area contributed by atoms with Crippen LogP contribution in [-0.2, 0) is 4.74 Å². The molecule has 100 valence electrons. The van der Waals surface area contributed by atoms with Gasteiger partial charge in [-0.15, -0.1) is 0 Å². The van der Waals surface area contributed by atoms with Gasteiger partial charge in [-0.25, -0.2) is 0 Å². The standard InChI is InChI=1S/C13H27N3O/c1-15(2)9-12-10-16(7-4-6-14-12)11-13-5-3-8-17-13/h12-14H,3-11H2,1-2H3. The molecule has 0 spiro atoms. The maximum atomic E-state index is 5.74. The third kappa shape index (κ3) is 4.54. The number of nitrogens with one attached hydrogen (secondary N) is 1. The Morgan fingerprint density at radius 2 is 2.24 bits per heavy atom. The highest BCUT2D eigenvalue weighted by atomic mass is 16.5. The monoisotopic (exact) mass is 241 g/mol. The molecule has 0 radical (unpaired) electrons. The fourth-order valence-electron chi connectivity index (χ4n) is 2.88. The topological polar surface area (TPSA) is 27.7 Å². The van der Waals surface area contributed by atoms with E-state index in [1.807, 2.05) is 0 Å². The Balaban J connectivity index is 1.79. The van der Waals surface area contributed by atoms with Crippen molar-refractivity contribution in [3.05, 3.63) is 0 Å². The molecule has 0 aliphatic carbocycles. The number of hydrogen-bond donors (Lipinski definition) is 1. The molecule has 0 aromatic rings. The SMILES string of the molecule is CN(C)CC1CN(CC2CCCO2)CCCN1. The molecule has 2 atom stereocenters. The molecule has 4 heteroatoms. The second-order valence-electron chi connectivity index (χ2n) is 5.66. The summed E-state index contributed by atoms with van der Waals surface area (Å²) in [7, 11) is 4.30. The molecule has 2 unspecified atom stereocenters. The lowest BCUT2D eigenvalue weighted by Gasteiger charge is -2.28. The van der Waals surface area contributed by atoms with E-state index in [0.717, 1.165) is 32.8 Å². The van der Waals surface area contributed by atoms with E-state index in [1.165, 1.54) is 25.8 Å². The quantitative estimate of drug-likeness (QED) is 0.771. The maximum absolute atomic E-state index is 5.74. The minimum atomic E-state index is 0.494. The molecular formula is C13H27N3O. The van der Waals surface area contributed by atoms with Gasteiger partial charge < -0.3 is 15.0 Å². The molecule has 2 aliphatic heterocycles.